The van der Waals surface area contributed by atoms with Gasteiger partial charge in [0.25, 0.3) is 0 Å². The second-order valence-electron chi connectivity index (χ2n) is 7.46. The Morgan fingerprint density at radius 3 is 2.65 bits per heavy atom. The van der Waals surface area contributed by atoms with Gasteiger partial charge >= 0.3 is 0 Å². The number of aliphatic imine (C=N–C) groups is 1. The van der Waals surface area contributed by atoms with Gasteiger partial charge in [-0.25, -0.2) is 0 Å². The van der Waals surface area contributed by atoms with E-state index in [1.807, 2.05) is 25.1 Å². The highest BCUT2D eigenvalue weighted by atomic mass is 16.5. The maximum Gasteiger partial charge on any atom is 0.195 e. The molecular formula is C24H34N4O3. The van der Waals surface area contributed by atoms with Gasteiger partial charge in [0, 0.05) is 38.4 Å². The molecule has 0 bridgehead atoms. The molecule has 0 spiro atoms. The van der Waals surface area contributed by atoms with E-state index in [1.54, 1.807) is 14.2 Å². The highest BCUT2D eigenvalue weighted by molar-refractivity contribution is 5.93. The fourth-order valence-electron chi connectivity index (χ4n) is 3.75. The van der Waals surface area contributed by atoms with Crippen LogP contribution in [0.1, 0.15) is 24.1 Å². The fourth-order valence-corrected chi connectivity index (χ4v) is 3.75. The Hall–Kier alpha value is -2.77. The van der Waals surface area contributed by atoms with E-state index in [1.165, 1.54) is 11.1 Å². The lowest BCUT2D eigenvalue weighted by Crippen LogP contribution is -2.44. The van der Waals surface area contributed by atoms with Gasteiger partial charge in [-0.1, -0.05) is 29.8 Å². The van der Waals surface area contributed by atoms with Crippen LogP contribution in [0.15, 0.2) is 47.5 Å². The summed E-state index contributed by atoms with van der Waals surface area (Å²) in [5, 5.41) is 6.85. The highest BCUT2D eigenvalue weighted by Crippen LogP contribution is 2.30. The molecule has 31 heavy (non-hydrogen) atoms. The molecule has 7 heteroatoms. The second kappa shape index (κ2) is 11.6. The van der Waals surface area contributed by atoms with Gasteiger partial charge < -0.3 is 24.8 Å². The Kier molecular flexibility index (Phi) is 8.55. The van der Waals surface area contributed by atoms with E-state index in [4.69, 9.17) is 14.2 Å². The van der Waals surface area contributed by atoms with E-state index in [0.29, 0.717) is 18.3 Å². The normalized spacial score (nSPS) is 15.9. The summed E-state index contributed by atoms with van der Waals surface area (Å²) in [6.45, 7) is 8.78. The molecule has 1 fully saturated rings. The molecule has 1 unspecified atom stereocenters. The van der Waals surface area contributed by atoms with E-state index >= 15 is 0 Å². The van der Waals surface area contributed by atoms with Gasteiger partial charge in [0.1, 0.15) is 0 Å². The van der Waals surface area contributed by atoms with Gasteiger partial charge in [-0.2, -0.15) is 0 Å². The highest BCUT2D eigenvalue weighted by Gasteiger charge is 2.23. The zero-order valence-corrected chi connectivity index (χ0v) is 19.0. The molecule has 0 saturated carbocycles. The zero-order chi connectivity index (χ0) is 22.1. The third-order valence-corrected chi connectivity index (χ3v) is 5.33. The number of morpholine rings is 1. The molecule has 3 rings (SSSR count). The summed E-state index contributed by atoms with van der Waals surface area (Å²) in [4.78, 5) is 6.88. The van der Waals surface area contributed by atoms with Crippen LogP contribution in [0.2, 0.25) is 0 Å². The number of methoxy groups -OCH3 is 1. The number of nitrogens with zero attached hydrogens (tertiary/aromatic N) is 2. The third-order valence-electron chi connectivity index (χ3n) is 5.33. The Balaban J connectivity index is 1.70. The Morgan fingerprint density at radius 1 is 1.16 bits per heavy atom. The maximum atomic E-state index is 5.60. The van der Waals surface area contributed by atoms with Crippen LogP contribution < -0.4 is 20.1 Å². The van der Waals surface area contributed by atoms with Crippen molar-refractivity contribution in [2.24, 2.45) is 4.99 Å². The van der Waals surface area contributed by atoms with Crippen LogP contribution in [0.3, 0.4) is 0 Å². The molecule has 0 aliphatic carbocycles. The molecule has 1 heterocycles. The molecule has 2 aromatic carbocycles. The second-order valence-corrected chi connectivity index (χ2v) is 7.46. The number of aryl methyl sites for hydroxylation is 1. The van der Waals surface area contributed by atoms with Crippen molar-refractivity contribution in [3.63, 3.8) is 0 Å². The lowest BCUT2D eigenvalue weighted by atomic mass is 10.0. The lowest BCUT2D eigenvalue weighted by molar-refractivity contribution is 0.0170. The van der Waals surface area contributed by atoms with E-state index in [2.05, 4.69) is 51.7 Å². The zero-order valence-electron chi connectivity index (χ0n) is 19.0. The third kappa shape index (κ3) is 6.35. The average molecular weight is 427 g/mol. The van der Waals surface area contributed by atoms with Crippen LogP contribution in [-0.2, 0) is 4.74 Å². The number of rotatable bonds is 8. The first-order valence-corrected chi connectivity index (χ1v) is 10.8. The minimum atomic E-state index is 0.234. The first kappa shape index (κ1) is 22.9. The number of benzene rings is 2. The summed E-state index contributed by atoms with van der Waals surface area (Å²) in [7, 11) is 3.42. The van der Waals surface area contributed by atoms with Crippen LogP contribution >= 0.6 is 0 Å². The van der Waals surface area contributed by atoms with Gasteiger partial charge in [0.2, 0.25) is 0 Å². The lowest BCUT2D eigenvalue weighted by Gasteiger charge is -2.35. The van der Waals surface area contributed by atoms with Crippen LogP contribution in [-0.4, -0.2) is 64.5 Å². The monoisotopic (exact) mass is 426 g/mol. The van der Waals surface area contributed by atoms with Crippen molar-refractivity contribution in [1.82, 2.24) is 10.2 Å². The SMILES string of the molecule is CCOc1ccc(NC(=NC)NCC(c2cccc(C)c2)N2CCOCC2)cc1OC. The number of anilines is 1. The molecular weight excluding hydrogens is 392 g/mol. The van der Waals surface area contributed by atoms with Gasteiger partial charge in [-0.3, -0.25) is 9.89 Å². The minimum absolute atomic E-state index is 0.234. The van der Waals surface area contributed by atoms with Crippen molar-refractivity contribution in [3.05, 3.63) is 53.6 Å². The molecule has 0 amide bonds. The molecule has 1 atom stereocenters. The number of hydrogen-bond acceptors (Lipinski definition) is 5. The van der Waals surface area contributed by atoms with E-state index in [-0.39, 0.29) is 6.04 Å². The van der Waals surface area contributed by atoms with Gasteiger partial charge in [-0.15, -0.1) is 0 Å². The summed E-state index contributed by atoms with van der Waals surface area (Å²) in [6, 6.07) is 14.7. The summed E-state index contributed by atoms with van der Waals surface area (Å²) >= 11 is 0. The smallest absolute Gasteiger partial charge is 0.195 e. The molecule has 1 saturated heterocycles. The van der Waals surface area contributed by atoms with E-state index < -0.39 is 0 Å². The summed E-state index contributed by atoms with van der Waals surface area (Å²) in [5.74, 6) is 2.12. The molecule has 0 radical (unpaired) electrons. The summed E-state index contributed by atoms with van der Waals surface area (Å²) in [5.41, 5.74) is 3.44. The predicted octanol–water partition coefficient (Wildman–Crippen LogP) is 3.46. The first-order valence-electron chi connectivity index (χ1n) is 10.8. The van der Waals surface area contributed by atoms with E-state index in [9.17, 15) is 0 Å². The molecule has 1 aliphatic heterocycles. The first-order chi connectivity index (χ1) is 15.1. The van der Waals surface area contributed by atoms with Crippen molar-refractivity contribution < 1.29 is 14.2 Å². The average Bonchev–Trinajstić information content (AvgIpc) is 2.80. The van der Waals surface area contributed by atoms with Gasteiger partial charge in [0.15, 0.2) is 17.5 Å². The Morgan fingerprint density at radius 2 is 1.97 bits per heavy atom. The van der Waals surface area contributed by atoms with Crippen molar-refractivity contribution in [2.45, 2.75) is 19.9 Å². The van der Waals surface area contributed by atoms with Crippen LogP contribution in [0.4, 0.5) is 5.69 Å². The topological polar surface area (TPSA) is 67.4 Å². The molecule has 7 nitrogen and oxygen atoms in total. The van der Waals surface area contributed by atoms with Crippen molar-refractivity contribution in [3.8, 4) is 11.5 Å². The fraction of sp³-hybridized carbons (Fsp3) is 0.458. The number of nitrogens with one attached hydrogen (secondary N) is 2. The van der Waals surface area contributed by atoms with Crippen molar-refractivity contribution >= 4 is 11.6 Å². The van der Waals surface area contributed by atoms with Gasteiger partial charge in [0.05, 0.1) is 33.0 Å². The number of ether oxygens (including phenoxy) is 3. The standard InChI is InChI=1S/C24H34N4O3/c1-5-31-22-10-9-20(16-23(22)29-4)27-24(25-3)26-17-21(28-11-13-30-14-12-28)19-8-6-7-18(2)15-19/h6-10,15-16,21H,5,11-14,17H2,1-4H3,(H2,25,26,27). The van der Waals surface area contributed by atoms with Crippen LogP contribution in [0.5, 0.6) is 11.5 Å². The predicted molar refractivity (Wildman–Crippen MR) is 125 cm³/mol. The molecule has 0 aromatic heterocycles. The molecule has 168 valence electrons. The van der Waals surface area contributed by atoms with Crippen LogP contribution in [0.25, 0.3) is 0 Å². The molecule has 1 aliphatic rings. The summed E-state index contributed by atoms with van der Waals surface area (Å²) in [6.07, 6.45) is 0. The van der Waals surface area contributed by atoms with Crippen molar-refractivity contribution in [2.75, 3.05) is 58.9 Å². The number of guanidine groups is 1. The maximum absolute atomic E-state index is 5.60. The van der Waals surface area contributed by atoms with E-state index in [0.717, 1.165) is 44.3 Å². The quantitative estimate of drug-likeness (QED) is 0.498. The summed E-state index contributed by atoms with van der Waals surface area (Å²) < 4.78 is 16.6. The minimum Gasteiger partial charge on any atom is -0.493 e. The van der Waals surface area contributed by atoms with Crippen LogP contribution in [0, 0.1) is 6.92 Å². The molecule has 2 N–H and O–H groups in total. The Labute approximate surface area is 185 Å². The molecule has 2 aromatic rings. The van der Waals surface area contributed by atoms with Gasteiger partial charge in [-0.05, 0) is 31.5 Å². The Bertz CT molecular complexity index is 866. The van der Waals surface area contributed by atoms with Crippen molar-refractivity contribution in [1.29, 1.82) is 0 Å². The largest absolute Gasteiger partial charge is 0.493 e. The number of hydrogen-bond donors (Lipinski definition) is 2.